The number of nitrogens with zero attached hydrogens (tertiary/aromatic N) is 7. The molecule has 0 radical (unpaired) electrons. The molecule has 0 N–H and O–H groups in total. The van der Waals surface area contributed by atoms with Crippen molar-refractivity contribution in [2.24, 2.45) is 0 Å². The predicted molar refractivity (Wildman–Crippen MR) is 97.7 cm³/mol. The number of thiophene rings is 1. The minimum absolute atomic E-state index is 0.00124. The summed E-state index contributed by atoms with van der Waals surface area (Å²) in [7, 11) is 0. The fourth-order valence-corrected chi connectivity index (χ4v) is 3.59. The molecule has 1 saturated heterocycles. The van der Waals surface area contributed by atoms with Gasteiger partial charge in [-0.25, -0.2) is 15.0 Å². The van der Waals surface area contributed by atoms with Crippen LogP contribution in [0.25, 0.3) is 10.7 Å². The van der Waals surface area contributed by atoms with E-state index in [-0.39, 0.29) is 5.91 Å². The number of aromatic nitrogens is 5. The Morgan fingerprint density at radius 1 is 1.12 bits per heavy atom. The first kappa shape index (κ1) is 16.8. The van der Waals surface area contributed by atoms with Gasteiger partial charge in [0.1, 0.15) is 12.7 Å². The molecule has 134 valence electrons. The van der Waals surface area contributed by atoms with Gasteiger partial charge >= 0.3 is 0 Å². The van der Waals surface area contributed by atoms with Gasteiger partial charge in [0, 0.05) is 45.1 Å². The highest BCUT2D eigenvalue weighted by Gasteiger charge is 2.22. The molecule has 26 heavy (non-hydrogen) atoms. The molecule has 1 fully saturated rings. The lowest BCUT2D eigenvalue weighted by molar-refractivity contribution is 0.0631. The highest BCUT2D eigenvalue weighted by atomic mass is 32.1. The fourth-order valence-electron chi connectivity index (χ4n) is 2.92. The van der Waals surface area contributed by atoms with E-state index in [0.717, 1.165) is 31.1 Å². The molecule has 1 aliphatic rings. The number of carbonyl (C=O) groups is 1. The molecule has 3 aromatic rings. The minimum atomic E-state index is -0.00124. The van der Waals surface area contributed by atoms with E-state index in [1.807, 2.05) is 27.1 Å². The van der Waals surface area contributed by atoms with E-state index in [2.05, 4.69) is 25.0 Å². The smallest absolute Gasteiger partial charge is 0.257 e. The summed E-state index contributed by atoms with van der Waals surface area (Å²) in [5, 5.41) is 6.10. The summed E-state index contributed by atoms with van der Waals surface area (Å²) in [5.41, 5.74) is 0.543. The second kappa shape index (κ2) is 7.71. The number of piperazine rings is 1. The highest BCUT2D eigenvalue weighted by molar-refractivity contribution is 7.13. The first-order valence-electron chi connectivity index (χ1n) is 8.49. The van der Waals surface area contributed by atoms with Crippen LogP contribution < -0.4 is 0 Å². The summed E-state index contributed by atoms with van der Waals surface area (Å²) in [6.07, 6.45) is 6.52. The average Bonchev–Trinajstić information content (AvgIpc) is 3.40. The quantitative estimate of drug-likeness (QED) is 0.673. The summed E-state index contributed by atoms with van der Waals surface area (Å²) < 4.78 is 1.82. The first-order chi connectivity index (χ1) is 12.8. The van der Waals surface area contributed by atoms with E-state index in [0.29, 0.717) is 24.5 Å². The van der Waals surface area contributed by atoms with Crippen molar-refractivity contribution in [3.05, 3.63) is 48.1 Å². The van der Waals surface area contributed by atoms with E-state index in [9.17, 15) is 4.79 Å². The van der Waals surface area contributed by atoms with Crippen molar-refractivity contribution < 1.29 is 4.79 Å². The SMILES string of the molecule is O=C(c1cnc(-c2cccs2)nc1)N1CCN(CCn2cncn2)CC1. The third-order valence-corrected chi connectivity index (χ3v) is 5.28. The highest BCUT2D eigenvalue weighted by Crippen LogP contribution is 2.20. The molecule has 8 nitrogen and oxygen atoms in total. The molecule has 0 aliphatic carbocycles. The van der Waals surface area contributed by atoms with Gasteiger partial charge in [-0.15, -0.1) is 11.3 Å². The van der Waals surface area contributed by atoms with Crippen molar-refractivity contribution in [1.29, 1.82) is 0 Å². The fraction of sp³-hybridized carbons (Fsp3) is 0.353. The van der Waals surface area contributed by atoms with Crippen LogP contribution in [0.5, 0.6) is 0 Å². The molecule has 3 aromatic heterocycles. The third kappa shape index (κ3) is 3.78. The molecule has 0 aromatic carbocycles. The van der Waals surface area contributed by atoms with Crippen LogP contribution in [0.2, 0.25) is 0 Å². The standard InChI is InChI=1S/C17H19N7OS/c25-17(14-10-19-16(20-11-14)15-2-1-9-26-15)23-6-3-22(4-7-23)5-8-24-13-18-12-21-24/h1-2,9-13H,3-8H2. The van der Waals surface area contributed by atoms with Crippen LogP contribution in [-0.4, -0.2) is 73.2 Å². The molecule has 0 unspecified atom stereocenters. The monoisotopic (exact) mass is 369 g/mol. The largest absolute Gasteiger partial charge is 0.336 e. The van der Waals surface area contributed by atoms with E-state index < -0.39 is 0 Å². The van der Waals surface area contributed by atoms with Crippen LogP contribution >= 0.6 is 11.3 Å². The molecule has 0 atom stereocenters. The van der Waals surface area contributed by atoms with Crippen molar-refractivity contribution in [2.75, 3.05) is 32.7 Å². The Kier molecular flexibility index (Phi) is 4.98. The Labute approximate surface area is 155 Å². The lowest BCUT2D eigenvalue weighted by atomic mass is 10.2. The van der Waals surface area contributed by atoms with E-state index in [4.69, 9.17) is 0 Å². The predicted octanol–water partition coefficient (Wildman–Crippen LogP) is 1.25. The molecule has 1 amide bonds. The van der Waals surface area contributed by atoms with Gasteiger partial charge in [0.2, 0.25) is 0 Å². The average molecular weight is 369 g/mol. The number of rotatable bonds is 5. The number of hydrogen-bond donors (Lipinski definition) is 0. The summed E-state index contributed by atoms with van der Waals surface area (Å²) in [5.74, 6) is 0.660. The van der Waals surface area contributed by atoms with Crippen molar-refractivity contribution in [3.8, 4) is 10.7 Å². The first-order valence-corrected chi connectivity index (χ1v) is 9.37. The zero-order valence-corrected chi connectivity index (χ0v) is 15.0. The number of carbonyl (C=O) groups excluding carboxylic acids is 1. The maximum absolute atomic E-state index is 12.7. The Morgan fingerprint density at radius 3 is 2.58 bits per heavy atom. The Balaban J connectivity index is 1.30. The van der Waals surface area contributed by atoms with E-state index in [1.165, 1.54) is 0 Å². The van der Waals surface area contributed by atoms with Crippen LogP contribution in [0.1, 0.15) is 10.4 Å². The summed E-state index contributed by atoms with van der Waals surface area (Å²) >= 11 is 1.59. The molecule has 4 heterocycles. The van der Waals surface area contributed by atoms with Gasteiger partial charge in [0.05, 0.1) is 17.0 Å². The van der Waals surface area contributed by atoms with Crippen molar-refractivity contribution in [3.63, 3.8) is 0 Å². The lowest BCUT2D eigenvalue weighted by Crippen LogP contribution is -2.49. The second-order valence-electron chi connectivity index (χ2n) is 6.07. The molecule has 4 rings (SSSR count). The van der Waals surface area contributed by atoms with Gasteiger partial charge in [-0.1, -0.05) is 6.07 Å². The molecule has 1 aliphatic heterocycles. The minimum Gasteiger partial charge on any atom is -0.336 e. The summed E-state index contributed by atoms with van der Waals surface area (Å²) in [6, 6.07) is 3.94. The molecular weight excluding hydrogens is 350 g/mol. The van der Waals surface area contributed by atoms with Gasteiger partial charge < -0.3 is 4.90 Å². The maximum atomic E-state index is 12.7. The Morgan fingerprint density at radius 2 is 1.92 bits per heavy atom. The number of hydrogen-bond acceptors (Lipinski definition) is 7. The van der Waals surface area contributed by atoms with Crippen molar-refractivity contribution >= 4 is 17.2 Å². The molecule has 0 saturated carbocycles. The van der Waals surface area contributed by atoms with Gasteiger partial charge in [0.25, 0.3) is 5.91 Å². The Bertz CT molecular complexity index is 825. The molecule has 9 heteroatoms. The van der Waals surface area contributed by atoms with Gasteiger partial charge in [-0.3, -0.25) is 14.4 Å². The number of amides is 1. The van der Waals surface area contributed by atoms with Crippen molar-refractivity contribution in [1.82, 2.24) is 34.5 Å². The van der Waals surface area contributed by atoms with Crippen LogP contribution in [0.4, 0.5) is 0 Å². The zero-order valence-electron chi connectivity index (χ0n) is 14.2. The van der Waals surface area contributed by atoms with Gasteiger partial charge in [-0.2, -0.15) is 5.10 Å². The van der Waals surface area contributed by atoms with Crippen LogP contribution in [0, 0.1) is 0 Å². The second-order valence-corrected chi connectivity index (χ2v) is 7.01. The maximum Gasteiger partial charge on any atom is 0.257 e. The van der Waals surface area contributed by atoms with Crippen LogP contribution in [0.3, 0.4) is 0 Å². The normalized spacial score (nSPS) is 15.3. The van der Waals surface area contributed by atoms with Crippen LogP contribution in [0.15, 0.2) is 42.6 Å². The molecule has 0 spiro atoms. The molecular formula is C17H19N7OS. The lowest BCUT2D eigenvalue weighted by Gasteiger charge is -2.34. The zero-order chi connectivity index (χ0) is 17.8. The van der Waals surface area contributed by atoms with Crippen molar-refractivity contribution in [2.45, 2.75) is 6.54 Å². The topological polar surface area (TPSA) is 80.0 Å². The van der Waals surface area contributed by atoms with Gasteiger partial charge in [0.15, 0.2) is 5.82 Å². The van der Waals surface area contributed by atoms with Crippen LogP contribution in [-0.2, 0) is 6.54 Å². The summed E-state index contributed by atoms with van der Waals surface area (Å²) in [6.45, 7) is 4.85. The van der Waals surface area contributed by atoms with E-state index in [1.54, 1.807) is 36.4 Å². The third-order valence-electron chi connectivity index (χ3n) is 4.41. The Hall–Kier alpha value is -2.65. The van der Waals surface area contributed by atoms with Gasteiger partial charge in [-0.05, 0) is 11.4 Å². The summed E-state index contributed by atoms with van der Waals surface area (Å²) in [4.78, 5) is 30.5. The molecule has 0 bridgehead atoms. The van der Waals surface area contributed by atoms with E-state index >= 15 is 0 Å².